The van der Waals surface area contributed by atoms with E-state index in [4.69, 9.17) is 23.2 Å². The van der Waals surface area contributed by atoms with E-state index in [0.29, 0.717) is 10.2 Å². The highest BCUT2D eigenvalue weighted by Gasteiger charge is 2.38. The van der Waals surface area contributed by atoms with Crippen LogP contribution in [-0.4, -0.2) is 16.9 Å². The predicted octanol–water partition coefficient (Wildman–Crippen LogP) is 5.62. The summed E-state index contributed by atoms with van der Waals surface area (Å²) in [5.74, 6) is 0.393. The Kier molecular flexibility index (Phi) is 4.40. The topological polar surface area (TPSA) is 33.2 Å². The van der Waals surface area contributed by atoms with Crippen molar-refractivity contribution in [3.63, 3.8) is 0 Å². The third-order valence-corrected chi connectivity index (χ3v) is 5.62. The molecule has 0 bridgehead atoms. The van der Waals surface area contributed by atoms with Crippen molar-refractivity contribution in [2.24, 2.45) is 5.92 Å². The fourth-order valence-electron chi connectivity index (χ4n) is 3.72. The van der Waals surface area contributed by atoms with Crippen LogP contribution in [-0.2, 0) is 4.79 Å². The second kappa shape index (κ2) is 6.53. The van der Waals surface area contributed by atoms with Gasteiger partial charge in [-0.15, -0.1) is 0 Å². The summed E-state index contributed by atoms with van der Waals surface area (Å²) in [5.41, 5.74) is 1.61. The van der Waals surface area contributed by atoms with Crippen LogP contribution < -0.4 is 4.90 Å². The Hall–Kier alpha value is -1.32. The summed E-state index contributed by atoms with van der Waals surface area (Å²) in [6.45, 7) is 0. The van der Waals surface area contributed by atoms with Gasteiger partial charge < -0.3 is 4.90 Å². The first-order valence-electron chi connectivity index (χ1n) is 8.73. The largest absolute Gasteiger partial charge is 0.307 e. The molecule has 2 saturated carbocycles. The van der Waals surface area contributed by atoms with Gasteiger partial charge in [0.05, 0.1) is 16.2 Å². The molecule has 4 rings (SSSR count). The minimum atomic E-state index is 0.165. The lowest BCUT2D eigenvalue weighted by atomic mass is 9.93. The highest BCUT2D eigenvalue weighted by Crippen LogP contribution is 2.42. The molecule has 0 atom stereocenters. The summed E-state index contributed by atoms with van der Waals surface area (Å²) in [6, 6.07) is 7.64. The molecule has 0 radical (unpaired) electrons. The van der Waals surface area contributed by atoms with E-state index in [2.05, 4.69) is 4.98 Å². The van der Waals surface area contributed by atoms with Gasteiger partial charge >= 0.3 is 0 Å². The first-order chi connectivity index (χ1) is 11.6. The van der Waals surface area contributed by atoms with Crippen LogP contribution in [0, 0.1) is 5.92 Å². The number of amides is 1. The van der Waals surface area contributed by atoms with Gasteiger partial charge in [-0.2, -0.15) is 0 Å². The number of hydrogen-bond donors (Lipinski definition) is 0. The Labute approximate surface area is 151 Å². The van der Waals surface area contributed by atoms with E-state index in [1.54, 1.807) is 6.07 Å². The zero-order valence-corrected chi connectivity index (χ0v) is 15.0. The Morgan fingerprint density at radius 2 is 1.75 bits per heavy atom. The third-order valence-electron chi connectivity index (χ3n) is 5.10. The monoisotopic (exact) mass is 362 g/mol. The zero-order chi connectivity index (χ0) is 16.7. The molecule has 0 aliphatic heterocycles. The number of rotatable bonds is 3. The van der Waals surface area contributed by atoms with Crippen molar-refractivity contribution in [1.29, 1.82) is 0 Å². The van der Waals surface area contributed by atoms with Crippen molar-refractivity contribution in [3.8, 4) is 0 Å². The molecular weight excluding hydrogens is 343 g/mol. The molecule has 0 unspecified atom stereocenters. The quantitative estimate of drug-likeness (QED) is 0.664. The highest BCUT2D eigenvalue weighted by molar-refractivity contribution is 6.36. The summed E-state index contributed by atoms with van der Waals surface area (Å²) in [7, 11) is 0. The average Bonchev–Trinajstić information content (AvgIpc) is 3.43. The minimum absolute atomic E-state index is 0.165. The van der Waals surface area contributed by atoms with Crippen molar-refractivity contribution in [2.45, 2.75) is 51.0 Å². The van der Waals surface area contributed by atoms with E-state index in [-0.39, 0.29) is 17.9 Å². The number of benzene rings is 1. The Bertz CT molecular complexity index is 782. The molecule has 1 aromatic carbocycles. The van der Waals surface area contributed by atoms with Crippen molar-refractivity contribution in [1.82, 2.24) is 4.98 Å². The molecule has 1 amide bonds. The number of carbonyl (C=O) groups is 1. The molecule has 3 nitrogen and oxygen atoms in total. The number of hydrogen-bond acceptors (Lipinski definition) is 2. The first kappa shape index (κ1) is 16.2. The van der Waals surface area contributed by atoms with Crippen LogP contribution in [0.25, 0.3) is 10.9 Å². The second-order valence-electron chi connectivity index (χ2n) is 6.87. The molecule has 2 fully saturated rings. The van der Waals surface area contributed by atoms with Crippen LogP contribution >= 0.6 is 23.2 Å². The SMILES string of the molecule is O=C(C1CC1)N(c1c(Cl)ccc2nc(Cl)ccc12)C1CCCCC1. The lowest BCUT2D eigenvalue weighted by Gasteiger charge is -2.35. The van der Waals surface area contributed by atoms with Gasteiger partial charge in [0.1, 0.15) is 5.15 Å². The number of aromatic nitrogens is 1. The number of fused-ring (bicyclic) bond motifs is 1. The van der Waals surface area contributed by atoms with Crippen LogP contribution in [0.2, 0.25) is 10.2 Å². The van der Waals surface area contributed by atoms with Crippen molar-refractivity contribution < 1.29 is 4.79 Å². The second-order valence-corrected chi connectivity index (χ2v) is 7.67. The molecule has 2 aromatic rings. The van der Waals surface area contributed by atoms with Gasteiger partial charge in [-0.05, 0) is 49.9 Å². The van der Waals surface area contributed by atoms with E-state index in [1.807, 2.05) is 23.1 Å². The van der Waals surface area contributed by atoms with E-state index >= 15 is 0 Å². The van der Waals surface area contributed by atoms with E-state index < -0.39 is 0 Å². The zero-order valence-electron chi connectivity index (χ0n) is 13.5. The maximum atomic E-state index is 13.1. The standard InChI is InChI=1S/C19H20Cl2N2O/c20-15-9-10-16-14(8-11-17(21)22-16)18(15)23(19(24)12-6-7-12)13-4-2-1-3-5-13/h8-13H,1-7H2. The van der Waals surface area contributed by atoms with Crippen molar-refractivity contribution >= 4 is 45.7 Å². The van der Waals surface area contributed by atoms with Gasteiger partial charge in [0.15, 0.2) is 0 Å². The number of nitrogens with zero attached hydrogens (tertiary/aromatic N) is 2. The lowest BCUT2D eigenvalue weighted by molar-refractivity contribution is -0.120. The summed E-state index contributed by atoms with van der Waals surface area (Å²) >= 11 is 12.6. The summed E-state index contributed by atoms with van der Waals surface area (Å²) < 4.78 is 0. The Morgan fingerprint density at radius 1 is 1.00 bits per heavy atom. The number of pyridine rings is 1. The summed E-state index contributed by atoms with van der Waals surface area (Å²) in [4.78, 5) is 19.5. The minimum Gasteiger partial charge on any atom is -0.307 e. The van der Waals surface area contributed by atoms with Crippen LogP contribution in [0.5, 0.6) is 0 Å². The summed E-state index contributed by atoms with van der Waals surface area (Å²) in [5, 5.41) is 1.98. The van der Waals surface area contributed by atoms with Crippen LogP contribution in [0.3, 0.4) is 0 Å². The van der Waals surface area contributed by atoms with Gasteiger partial charge in [0, 0.05) is 17.3 Å². The summed E-state index contributed by atoms with van der Waals surface area (Å²) in [6.07, 6.45) is 7.68. The lowest BCUT2D eigenvalue weighted by Crippen LogP contribution is -2.42. The first-order valence-corrected chi connectivity index (χ1v) is 9.48. The molecule has 2 aliphatic carbocycles. The van der Waals surface area contributed by atoms with Gasteiger partial charge in [0.2, 0.25) is 5.91 Å². The molecule has 1 heterocycles. The molecule has 1 aromatic heterocycles. The Balaban J connectivity index is 1.86. The molecule has 126 valence electrons. The molecule has 2 aliphatic rings. The molecule has 0 saturated heterocycles. The number of anilines is 1. The molecule has 24 heavy (non-hydrogen) atoms. The molecule has 0 N–H and O–H groups in total. The maximum absolute atomic E-state index is 13.1. The van der Waals surface area contributed by atoms with E-state index in [9.17, 15) is 4.79 Å². The van der Waals surface area contributed by atoms with Crippen molar-refractivity contribution in [2.75, 3.05) is 4.90 Å². The van der Waals surface area contributed by atoms with Crippen LogP contribution in [0.15, 0.2) is 24.3 Å². The smallest absolute Gasteiger partial charge is 0.230 e. The van der Waals surface area contributed by atoms with Gasteiger partial charge in [-0.3, -0.25) is 4.79 Å². The van der Waals surface area contributed by atoms with Crippen molar-refractivity contribution in [3.05, 3.63) is 34.4 Å². The highest BCUT2D eigenvalue weighted by atomic mass is 35.5. The maximum Gasteiger partial charge on any atom is 0.230 e. The van der Waals surface area contributed by atoms with Crippen LogP contribution in [0.4, 0.5) is 5.69 Å². The fourth-order valence-corrected chi connectivity index (χ4v) is 4.13. The molecular formula is C19H20Cl2N2O. The average molecular weight is 363 g/mol. The third kappa shape index (κ3) is 3.00. The van der Waals surface area contributed by atoms with Gasteiger partial charge in [-0.1, -0.05) is 42.5 Å². The number of halogens is 2. The van der Waals surface area contributed by atoms with Gasteiger partial charge in [-0.25, -0.2) is 4.98 Å². The van der Waals surface area contributed by atoms with E-state index in [1.165, 1.54) is 19.3 Å². The normalized spacial score (nSPS) is 18.8. The van der Waals surface area contributed by atoms with E-state index in [0.717, 1.165) is 42.3 Å². The predicted molar refractivity (Wildman–Crippen MR) is 98.8 cm³/mol. The molecule has 0 spiro atoms. The Morgan fingerprint density at radius 3 is 2.46 bits per heavy atom. The molecule has 5 heteroatoms. The van der Waals surface area contributed by atoms with Crippen LogP contribution in [0.1, 0.15) is 44.9 Å². The number of carbonyl (C=O) groups excluding carboxylic acids is 1. The fraction of sp³-hybridized carbons (Fsp3) is 0.474. The van der Waals surface area contributed by atoms with Gasteiger partial charge in [0.25, 0.3) is 0 Å².